The predicted octanol–water partition coefficient (Wildman–Crippen LogP) is 3.19. The Morgan fingerprint density at radius 3 is 1.80 bits per heavy atom. The highest BCUT2D eigenvalue weighted by atomic mass is 35.7. The predicted molar refractivity (Wildman–Crippen MR) is 52.1 cm³/mol. The van der Waals surface area contributed by atoms with Crippen molar-refractivity contribution in [1.29, 1.82) is 0 Å². The first-order chi connectivity index (χ1) is 4.27. The Balaban J connectivity index is 4.01. The summed E-state index contributed by atoms with van der Waals surface area (Å²) < 4.78 is 5.00. The fraction of sp³-hybridized carbons (Fsp3) is 0.333. The molecule has 0 atom stereocenters. The topological polar surface area (TPSA) is 9.23 Å². The first-order valence-corrected chi connectivity index (χ1v) is 10.8. The smallest absolute Gasteiger partial charge is 0.406 e. The molecular weight excluding hydrogens is 250 g/mol. The third-order valence-electron chi connectivity index (χ3n) is 0.553. The molecular formula is C3H6Cl4OSi2. The van der Waals surface area contributed by atoms with Gasteiger partial charge < -0.3 is 4.12 Å². The van der Waals surface area contributed by atoms with Crippen LogP contribution >= 0.6 is 44.3 Å². The van der Waals surface area contributed by atoms with Crippen LogP contribution in [-0.2, 0) is 4.12 Å². The highest BCUT2D eigenvalue weighted by molar-refractivity contribution is 7.51. The van der Waals surface area contributed by atoms with Gasteiger partial charge in [-0.25, -0.2) is 0 Å². The van der Waals surface area contributed by atoms with Crippen molar-refractivity contribution >= 4 is 58.2 Å². The zero-order valence-electron chi connectivity index (χ0n) is 5.20. The summed E-state index contributed by atoms with van der Waals surface area (Å²) in [4.78, 5) is 0. The van der Waals surface area contributed by atoms with Crippen molar-refractivity contribution in [2.24, 2.45) is 0 Å². The van der Waals surface area contributed by atoms with Crippen LogP contribution in [0, 0.1) is 0 Å². The molecule has 7 heteroatoms. The Morgan fingerprint density at radius 1 is 1.30 bits per heavy atom. The zero-order chi connectivity index (χ0) is 8.41. The second kappa shape index (κ2) is 3.80. The van der Waals surface area contributed by atoms with Crippen molar-refractivity contribution in [1.82, 2.24) is 0 Å². The Morgan fingerprint density at radius 2 is 1.70 bits per heavy atom. The summed E-state index contributed by atoms with van der Waals surface area (Å²) in [6.45, 7) is -0.479. The lowest BCUT2D eigenvalue weighted by Gasteiger charge is -2.19. The molecule has 60 valence electrons. The van der Waals surface area contributed by atoms with Gasteiger partial charge in [0, 0.05) is 0 Å². The summed E-state index contributed by atoms with van der Waals surface area (Å²) in [5, 5.41) is 0. The first kappa shape index (κ1) is 11.3. The SMILES string of the molecule is C=C[Si](Cl)(Cl)O[Si](C)(Cl)Cl. The average Bonchev–Trinajstić information content (AvgIpc) is 1.60. The van der Waals surface area contributed by atoms with Crippen LogP contribution in [0.3, 0.4) is 0 Å². The standard InChI is InChI=1S/C3H6Cl4OSi2/c1-3-10(6,7)8-9(2,4)5/h3H,1H2,2H3. The summed E-state index contributed by atoms with van der Waals surface area (Å²) >= 11 is 22.5. The van der Waals surface area contributed by atoms with Crippen molar-refractivity contribution in [3.63, 3.8) is 0 Å². The maximum absolute atomic E-state index is 5.64. The van der Waals surface area contributed by atoms with Crippen LogP contribution in [-0.4, -0.2) is 13.9 Å². The van der Waals surface area contributed by atoms with E-state index in [1.807, 2.05) is 0 Å². The summed E-state index contributed by atoms with van der Waals surface area (Å²) in [5.74, 6) is 0. The Hall–Kier alpha value is 1.29. The second-order valence-corrected chi connectivity index (χ2v) is 14.5. The van der Waals surface area contributed by atoms with Crippen molar-refractivity contribution in [2.45, 2.75) is 6.55 Å². The van der Waals surface area contributed by atoms with E-state index < -0.39 is 13.9 Å². The number of rotatable bonds is 3. The van der Waals surface area contributed by atoms with Gasteiger partial charge in [-0.3, -0.25) is 0 Å². The van der Waals surface area contributed by atoms with Crippen LogP contribution in [0.5, 0.6) is 0 Å². The van der Waals surface area contributed by atoms with E-state index in [4.69, 9.17) is 48.4 Å². The van der Waals surface area contributed by atoms with Gasteiger partial charge in [0.15, 0.2) is 0 Å². The largest absolute Gasteiger partial charge is 0.408 e. The Bertz CT molecular complexity index is 131. The van der Waals surface area contributed by atoms with Crippen molar-refractivity contribution in [3.05, 3.63) is 12.3 Å². The van der Waals surface area contributed by atoms with Crippen molar-refractivity contribution in [3.8, 4) is 0 Å². The molecule has 0 bridgehead atoms. The Kier molecular flexibility index (Phi) is 4.29. The lowest BCUT2D eigenvalue weighted by molar-refractivity contribution is 0.623. The summed E-state index contributed by atoms with van der Waals surface area (Å²) in [6.07, 6.45) is 0. The van der Waals surface area contributed by atoms with Crippen LogP contribution in [0.2, 0.25) is 6.55 Å². The molecule has 0 spiro atoms. The number of hydrogen-bond acceptors (Lipinski definition) is 1. The molecule has 0 rings (SSSR count). The van der Waals surface area contributed by atoms with Gasteiger partial charge in [0.2, 0.25) is 0 Å². The molecule has 0 aliphatic carbocycles. The molecule has 0 aliphatic rings. The van der Waals surface area contributed by atoms with Crippen LogP contribution in [0.15, 0.2) is 12.3 Å². The monoisotopic (exact) mass is 254 g/mol. The molecule has 0 heterocycles. The van der Waals surface area contributed by atoms with E-state index in [0.717, 1.165) is 0 Å². The molecule has 1 nitrogen and oxygen atoms in total. The second-order valence-electron chi connectivity index (χ2n) is 1.68. The molecule has 0 fully saturated rings. The van der Waals surface area contributed by atoms with Gasteiger partial charge in [-0.2, -0.15) is 0 Å². The molecule has 0 aromatic carbocycles. The fourth-order valence-corrected chi connectivity index (χ4v) is 8.92. The summed E-state index contributed by atoms with van der Waals surface area (Å²) in [6, 6.07) is 0. The highest BCUT2D eigenvalue weighted by Gasteiger charge is 2.37. The normalized spacial score (nSPS) is 13.3. The Labute approximate surface area is 80.9 Å². The van der Waals surface area contributed by atoms with Gasteiger partial charge in [0.25, 0.3) is 0 Å². The molecule has 0 unspecified atom stereocenters. The first-order valence-electron chi connectivity index (χ1n) is 2.36. The number of halogens is 4. The minimum Gasteiger partial charge on any atom is -0.408 e. The minimum atomic E-state index is -2.81. The zero-order valence-corrected chi connectivity index (χ0v) is 10.2. The average molecular weight is 256 g/mol. The lowest BCUT2D eigenvalue weighted by atomic mass is 11.3. The maximum Gasteiger partial charge on any atom is 0.406 e. The summed E-state index contributed by atoms with van der Waals surface area (Å²) in [5.41, 5.74) is 1.35. The minimum absolute atomic E-state index is 1.35. The van der Waals surface area contributed by atoms with E-state index in [0.29, 0.717) is 0 Å². The number of hydrogen-bond donors (Lipinski definition) is 0. The van der Waals surface area contributed by atoms with E-state index in [-0.39, 0.29) is 0 Å². The van der Waals surface area contributed by atoms with Gasteiger partial charge in [-0.1, -0.05) is 0 Å². The lowest BCUT2D eigenvalue weighted by Crippen LogP contribution is -2.34. The van der Waals surface area contributed by atoms with E-state index >= 15 is 0 Å². The molecule has 0 aromatic heterocycles. The van der Waals surface area contributed by atoms with E-state index in [9.17, 15) is 0 Å². The van der Waals surface area contributed by atoms with Crippen molar-refractivity contribution in [2.75, 3.05) is 0 Å². The van der Waals surface area contributed by atoms with Crippen LogP contribution in [0.25, 0.3) is 0 Å². The quantitative estimate of drug-likeness (QED) is 0.556. The molecule has 10 heavy (non-hydrogen) atoms. The highest BCUT2D eigenvalue weighted by Crippen LogP contribution is 2.27. The van der Waals surface area contributed by atoms with Gasteiger partial charge in [-0.05, 0) is 12.2 Å². The maximum atomic E-state index is 5.64. The van der Waals surface area contributed by atoms with Gasteiger partial charge in [0.1, 0.15) is 0 Å². The van der Waals surface area contributed by atoms with Crippen molar-refractivity contribution < 1.29 is 4.12 Å². The van der Waals surface area contributed by atoms with Crippen LogP contribution in [0.1, 0.15) is 0 Å². The molecule has 0 amide bonds. The molecule has 0 radical (unpaired) electrons. The third-order valence-corrected chi connectivity index (χ3v) is 7.25. The molecule has 0 saturated heterocycles. The molecule has 0 saturated carbocycles. The van der Waals surface area contributed by atoms with E-state index in [1.54, 1.807) is 6.55 Å². The van der Waals surface area contributed by atoms with Gasteiger partial charge in [-0.15, -0.1) is 50.9 Å². The van der Waals surface area contributed by atoms with Gasteiger partial charge in [0.05, 0.1) is 0 Å². The molecule has 0 N–H and O–H groups in total. The fourth-order valence-electron chi connectivity index (χ4n) is 0.281. The van der Waals surface area contributed by atoms with Crippen LogP contribution in [0.4, 0.5) is 0 Å². The van der Waals surface area contributed by atoms with Crippen LogP contribution < -0.4 is 0 Å². The van der Waals surface area contributed by atoms with E-state index in [1.165, 1.54) is 5.70 Å². The summed E-state index contributed by atoms with van der Waals surface area (Å²) in [7, 11) is 0. The molecule has 0 aliphatic heterocycles. The third kappa shape index (κ3) is 6.03. The molecule has 0 aromatic rings. The van der Waals surface area contributed by atoms with Gasteiger partial charge >= 0.3 is 13.9 Å². The van der Waals surface area contributed by atoms with E-state index in [2.05, 4.69) is 6.58 Å².